The van der Waals surface area contributed by atoms with E-state index in [2.05, 4.69) is 26.0 Å². The van der Waals surface area contributed by atoms with Gasteiger partial charge in [0.15, 0.2) is 6.10 Å². The van der Waals surface area contributed by atoms with Crippen LogP contribution in [0, 0.1) is 0 Å². The maximum atomic E-state index is 12.7. The summed E-state index contributed by atoms with van der Waals surface area (Å²) in [6.07, 6.45) is 45.4. The van der Waals surface area contributed by atoms with Crippen molar-refractivity contribution in [1.29, 1.82) is 0 Å². The standard InChI is InChI=1S/C50H95NO7/c1-6-8-10-12-14-16-18-19-20-21-22-23-24-25-26-27-28-29-31-32-34-36-38-40-48(52)57-45-46(44-56-43-42-47(50(54)55)51(3,4)5)58-49(53)41-39-37-35-33-30-17-15-13-11-9-7-2/h13,15,46-47H,6-12,14,16-45H2,1-5H3/b15-13+. The van der Waals surface area contributed by atoms with Gasteiger partial charge in [-0.1, -0.05) is 199 Å². The Kier molecular flexibility index (Phi) is 40.4. The number of hydrogen-bond acceptors (Lipinski definition) is 7. The first kappa shape index (κ1) is 56.1. The number of quaternary nitrogens is 1. The third-order valence-electron chi connectivity index (χ3n) is 11.4. The average molecular weight is 822 g/mol. The first-order valence-corrected chi connectivity index (χ1v) is 24.7. The lowest BCUT2D eigenvalue weighted by Crippen LogP contribution is -2.55. The molecule has 0 spiro atoms. The van der Waals surface area contributed by atoms with Crippen molar-refractivity contribution in [2.24, 2.45) is 0 Å². The molecule has 58 heavy (non-hydrogen) atoms. The maximum Gasteiger partial charge on any atom is 0.306 e. The van der Waals surface area contributed by atoms with Gasteiger partial charge in [0.1, 0.15) is 12.6 Å². The number of nitrogens with zero attached hydrogens (tertiary/aromatic N) is 1. The summed E-state index contributed by atoms with van der Waals surface area (Å²) in [5, 5.41) is 11.6. The van der Waals surface area contributed by atoms with Gasteiger partial charge >= 0.3 is 11.9 Å². The van der Waals surface area contributed by atoms with E-state index in [9.17, 15) is 19.5 Å². The smallest absolute Gasteiger partial charge is 0.306 e. The zero-order valence-corrected chi connectivity index (χ0v) is 39.0. The number of rotatable bonds is 45. The van der Waals surface area contributed by atoms with Crippen LogP contribution < -0.4 is 5.11 Å². The zero-order valence-electron chi connectivity index (χ0n) is 39.0. The number of carbonyl (C=O) groups is 3. The number of carboxylic acids is 1. The number of hydrogen-bond donors (Lipinski definition) is 0. The predicted molar refractivity (Wildman–Crippen MR) is 241 cm³/mol. The van der Waals surface area contributed by atoms with Crippen LogP contribution in [0.5, 0.6) is 0 Å². The van der Waals surface area contributed by atoms with E-state index in [0.29, 0.717) is 12.8 Å². The summed E-state index contributed by atoms with van der Waals surface area (Å²) in [6.45, 7) is 4.65. The molecule has 8 heteroatoms. The molecule has 2 unspecified atom stereocenters. The Morgan fingerprint density at radius 1 is 0.500 bits per heavy atom. The second kappa shape index (κ2) is 41.8. The van der Waals surface area contributed by atoms with Crippen molar-refractivity contribution < 1.29 is 38.2 Å². The molecule has 0 aromatic carbocycles. The summed E-state index contributed by atoms with van der Waals surface area (Å²) >= 11 is 0. The van der Waals surface area contributed by atoms with E-state index in [4.69, 9.17) is 14.2 Å². The fraction of sp³-hybridized carbons (Fsp3) is 0.900. The van der Waals surface area contributed by atoms with Gasteiger partial charge in [-0.25, -0.2) is 0 Å². The third-order valence-corrected chi connectivity index (χ3v) is 11.4. The molecule has 0 aromatic heterocycles. The number of ether oxygens (including phenoxy) is 3. The second-order valence-electron chi connectivity index (χ2n) is 18.1. The molecule has 0 amide bonds. The number of likely N-dealkylation sites (N-methyl/N-ethyl adjacent to an activating group) is 1. The number of esters is 2. The van der Waals surface area contributed by atoms with E-state index in [1.165, 1.54) is 154 Å². The average Bonchev–Trinajstić information content (AvgIpc) is 3.18. The van der Waals surface area contributed by atoms with Gasteiger partial charge in [0.25, 0.3) is 0 Å². The summed E-state index contributed by atoms with van der Waals surface area (Å²) in [4.78, 5) is 36.9. The molecule has 0 saturated heterocycles. The number of carboxylic acid groups (broad SMARTS) is 1. The molecular formula is C50H95NO7. The molecule has 0 saturated carbocycles. The lowest BCUT2D eigenvalue weighted by atomic mass is 10.0. The van der Waals surface area contributed by atoms with Crippen molar-refractivity contribution in [2.75, 3.05) is 41.0 Å². The fourth-order valence-corrected chi connectivity index (χ4v) is 7.52. The minimum absolute atomic E-state index is 0.0428. The molecule has 342 valence electrons. The number of aliphatic carboxylic acids is 1. The highest BCUT2D eigenvalue weighted by Gasteiger charge is 2.25. The molecule has 0 N–H and O–H groups in total. The molecule has 0 heterocycles. The number of unbranched alkanes of at least 4 members (excludes halogenated alkanes) is 29. The Balaban J connectivity index is 4.11. The van der Waals surface area contributed by atoms with E-state index in [-0.39, 0.29) is 42.7 Å². The summed E-state index contributed by atoms with van der Waals surface area (Å²) in [5.41, 5.74) is 0. The van der Waals surface area contributed by atoms with Gasteiger partial charge in [-0.2, -0.15) is 0 Å². The van der Waals surface area contributed by atoms with Crippen molar-refractivity contribution in [3.63, 3.8) is 0 Å². The lowest BCUT2D eigenvalue weighted by molar-refractivity contribution is -0.889. The van der Waals surface area contributed by atoms with Crippen LogP contribution in [0.3, 0.4) is 0 Å². The first-order chi connectivity index (χ1) is 28.1. The van der Waals surface area contributed by atoms with E-state index in [1.807, 2.05) is 0 Å². The van der Waals surface area contributed by atoms with Gasteiger partial charge in [-0.15, -0.1) is 0 Å². The summed E-state index contributed by atoms with van der Waals surface area (Å²) in [5.74, 6) is -1.73. The van der Waals surface area contributed by atoms with E-state index in [1.54, 1.807) is 21.1 Å². The van der Waals surface area contributed by atoms with Crippen molar-refractivity contribution in [3.8, 4) is 0 Å². The lowest BCUT2D eigenvalue weighted by Gasteiger charge is -2.34. The topological polar surface area (TPSA) is 102 Å². The quantitative estimate of drug-likeness (QED) is 0.0261. The normalized spacial score (nSPS) is 12.9. The van der Waals surface area contributed by atoms with Gasteiger partial charge in [-0.3, -0.25) is 9.59 Å². The molecule has 0 bridgehead atoms. The van der Waals surface area contributed by atoms with Crippen LogP contribution in [-0.4, -0.2) is 75.5 Å². The third kappa shape index (κ3) is 39.5. The number of allylic oxidation sites excluding steroid dienone is 2. The Morgan fingerprint density at radius 2 is 0.879 bits per heavy atom. The molecule has 0 aliphatic carbocycles. The Bertz CT molecular complexity index is 962. The van der Waals surface area contributed by atoms with Gasteiger partial charge in [0, 0.05) is 19.3 Å². The highest BCUT2D eigenvalue weighted by atomic mass is 16.6. The first-order valence-electron chi connectivity index (χ1n) is 24.7. The predicted octanol–water partition coefficient (Wildman–Crippen LogP) is 12.5. The number of carbonyl (C=O) groups excluding carboxylic acids is 3. The zero-order chi connectivity index (χ0) is 42.8. The van der Waals surface area contributed by atoms with Crippen molar-refractivity contribution in [1.82, 2.24) is 0 Å². The van der Waals surface area contributed by atoms with Crippen LogP contribution in [0.1, 0.15) is 239 Å². The highest BCUT2D eigenvalue weighted by Crippen LogP contribution is 2.17. The monoisotopic (exact) mass is 822 g/mol. The molecule has 0 aromatic rings. The molecule has 0 fully saturated rings. The van der Waals surface area contributed by atoms with Gasteiger partial charge < -0.3 is 28.6 Å². The van der Waals surface area contributed by atoms with E-state index in [0.717, 1.165) is 51.4 Å². The largest absolute Gasteiger partial charge is 0.544 e. The molecular weight excluding hydrogens is 727 g/mol. The minimum Gasteiger partial charge on any atom is -0.544 e. The molecule has 0 radical (unpaired) electrons. The molecule has 8 nitrogen and oxygen atoms in total. The van der Waals surface area contributed by atoms with Gasteiger partial charge in [0.2, 0.25) is 0 Å². The van der Waals surface area contributed by atoms with Crippen LogP contribution in [0.25, 0.3) is 0 Å². The van der Waals surface area contributed by atoms with Crippen molar-refractivity contribution in [2.45, 2.75) is 251 Å². The van der Waals surface area contributed by atoms with E-state index >= 15 is 0 Å². The van der Waals surface area contributed by atoms with Crippen LogP contribution >= 0.6 is 0 Å². The van der Waals surface area contributed by atoms with Crippen LogP contribution in [0.2, 0.25) is 0 Å². The second-order valence-corrected chi connectivity index (χ2v) is 18.1. The molecule has 0 aliphatic heterocycles. The minimum atomic E-state index is -1.12. The summed E-state index contributed by atoms with van der Waals surface area (Å²) in [6, 6.07) is -0.723. The maximum absolute atomic E-state index is 12.7. The van der Waals surface area contributed by atoms with Crippen LogP contribution in [0.4, 0.5) is 0 Å². The fourth-order valence-electron chi connectivity index (χ4n) is 7.52. The Hall–Kier alpha value is -1.93. The summed E-state index contributed by atoms with van der Waals surface area (Å²) < 4.78 is 17.2. The van der Waals surface area contributed by atoms with Crippen LogP contribution in [-0.2, 0) is 28.6 Å². The Morgan fingerprint density at radius 3 is 1.29 bits per heavy atom. The summed E-state index contributed by atoms with van der Waals surface area (Å²) in [7, 11) is 5.41. The van der Waals surface area contributed by atoms with Crippen LogP contribution in [0.15, 0.2) is 12.2 Å². The van der Waals surface area contributed by atoms with Crippen molar-refractivity contribution in [3.05, 3.63) is 12.2 Å². The molecule has 2 atom stereocenters. The molecule has 0 rings (SSSR count). The Labute approximate surface area is 359 Å². The van der Waals surface area contributed by atoms with E-state index < -0.39 is 18.1 Å². The van der Waals surface area contributed by atoms with Crippen molar-refractivity contribution >= 4 is 17.9 Å². The van der Waals surface area contributed by atoms with Gasteiger partial charge in [-0.05, 0) is 32.1 Å². The van der Waals surface area contributed by atoms with Gasteiger partial charge in [0.05, 0.1) is 40.3 Å². The SMILES string of the molecule is CCCC/C=C/CCCCCCCC(=O)OC(COCCC(C(=O)[O-])[N+](C)(C)C)COC(=O)CCCCCCCCCCCCCCCCCCCCCCCCC. The molecule has 0 aliphatic rings. The highest BCUT2D eigenvalue weighted by molar-refractivity contribution is 5.70.